The minimum Gasteiger partial charge on any atom is -0.508 e. The van der Waals surface area contributed by atoms with Crippen LogP contribution in [-0.2, 0) is 6.42 Å². The lowest BCUT2D eigenvalue weighted by Gasteiger charge is -2.53. The van der Waals surface area contributed by atoms with Crippen molar-refractivity contribution in [2.75, 3.05) is 0 Å². The van der Waals surface area contributed by atoms with Gasteiger partial charge in [-0.05, 0) is 111 Å². The maximum absolute atomic E-state index is 11.7. The highest BCUT2D eigenvalue weighted by molar-refractivity contribution is 5.40. The zero-order chi connectivity index (χ0) is 22.6. The molecule has 4 rings (SSSR count). The molecule has 0 bridgehead atoms. The molecule has 3 aliphatic rings. The Morgan fingerprint density at radius 2 is 2.03 bits per heavy atom. The van der Waals surface area contributed by atoms with E-state index < -0.39 is 11.7 Å². The maximum Gasteiger partial charge on any atom is 0.115 e. The number of rotatable bonds is 5. The largest absolute Gasteiger partial charge is 0.508 e. The van der Waals surface area contributed by atoms with E-state index in [9.17, 15) is 15.3 Å². The average Bonchev–Trinajstić information content (AvgIpc) is 2.98. The van der Waals surface area contributed by atoms with Crippen molar-refractivity contribution in [1.82, 2.24) is 0 Å². The van der Waals surface area contributed by atoms with Crippen LogP contribution in [0.3, 0.4) is 0 Å². The van der Waals surface area contributed by atoms with Gasteiger partial charge < -0.3 is 15.3 Å². The minimum absolute atomic E-state index is 0.0214. The average molecular weight is 427 g/mol. The summed E-state index contributed by atoms with van der Waals surface area (Å²) in [7, 11) is 0. The molecule has 3 N–H and O–H groups in total. The molecule has 3 aliphatic carbocycles. The number of hydrogen-bond acceptors (Lipinski definition) is 3. The Hall–Kier alpha value is -1.32. The van der Waals surface area contributed by atoms with Crippen molar-refractivity contribution >= 4 is 0 Å². The number of aliphatic hydroxyl groups excluding tert-OH is 1. The number of aliphatic hydroxyl groups is 2. The Labute approximate surface area is 188 Å². The van der Waals surface area contributed by atoms with Crippen molar-refractivity contribution in [1.29, 1.82) is 0 Å². The Balaban J connectivity index is 1.57. The normalized spacial score (nSPS) is 37.2. The smallest absolute Gasteiger partial charge is 0.115 e. The van der Waals surface area contributed by atoms with Gasteiger partial charge in [0.25, 0.3) is 0 Å². The number of phenols is 1. The van der Waals surface area contributed by atoms with Crippen molar-refractivity contribution in [2.24, 2.45) is 29.1 Å². The van der Waals surface area contributed by atoms with Gasteiger partial charge in [-0.1, -0.05) is 38.5 Å². The first kappa shape index (κ1) is 22.9. The van der Waals surface area contributed by atoms with Crippen LogP contribution in [0.5, 0.6) is 5.75 Å². The Morgan fingerprint density at radius 1 is 1.29 bits per heavy atom. The molecule has 2 saturated carbocycles. The molecule has 0 aromatic heterocycles. The number of fused-ring (bicyclic) bond motifs is 5. The monoisotopic (exact) mass is 426 g/mol. The van der Waals surface area contributed by atoms with E-state index >= 15 is 0 Å². The summed E-state index contributed by atoms with van der Waals surface area (Å²) in [6.07, 6.45) is 8.48. The van der Waals surface area contributed by atoms with Gasteiger partial charge in [-0.2, -0.15) is 0 Å². The SMILES string of the molecule is C/C=C(\CC[C@](C)(O)C1[C@@H](O)CC2[C@@H]3CCc4cc(O)ccc4C3CC[C@@]21C)C(C)C. The molecule has 172 valence electrons. The number of phenolic OH excluding ortho intramolecular Hbond substituents is 1. The summed E-state index contributed by atoms with van der Waals surface area (Å²) in [5.74, 6) is 2.33. The third kappa shape index (κ3) is 3.86. The molecule has 0 saturated heterocycles. The van der Waals surface area contributed by atoms with Gasteiger partial charge in [0.2, 0.25) is 0 Å². The van der Waals surface area contributed by atoms with Crippen LogP contribution in [0, 0.1) is 29.1 Å². The third-order valence-electron chi connectivity index (χ3n) is 9.44. The fourth-order valence-corrected chi connectivity index (χ4v) is 8.03. The maximum atomic E-state index is 11.7. The summed E-state index contributed by atoms with van der Waals surface area (Å²) in [5.41, 5.74) is 3.23. The number of allylic oxidation sites excluding steroid dienone is 2. The molecule has 0 spiro atoms. The fraction of sp³-hybridized carbons (Fsp3) is 0.714. The van der Waals surface area contributed by atoms with Crippen LogP contribution in [0.25, 0.3) is 0 Å². The molecule has 0 amide bonds. The minimum atomic E-state index is -0.864. The van der Waals surface area contributed by atoms with Crippen LogP contribution in [0.15, 0.2) is 29.8 Å². The lowest BCUT2D eigenvalue weighted by Crippen LogP contribution is -2.50. The number of hydrogen-bond donors (Lipinski definition) is 3. The van der Waals surface area contributed by atoms with Gasteiger partial charge in [0, 0.05) is 5.92 Å². The summed E-state index contributed by atoms with van der Waals surface area (Å²) in [6.45, 7) is 10.9. The highest BCUT2D eigenvalue weighted by Gasteiger charge is 2.62. The van der Waals surface area contributed by atoms with Gasteiger partial charge in [-0.15, -0.1) is 0 Å². The molecule has 1 aromatic rings. The highest BCUT2D eigenvalue weighted by atomic mass is 16.3. The predicted octanol–water partition coefficient (Wildman–Crippen LogP) is 5.97. The fourth-order valence-electron chi connectivity index (χ4n) is 8.03. The van der Waals surface area contributed by atoms with E-state index in [1.54, 1.807) is 0 Å². The topological polar surface area (TPSA) is 60.7 Å². The van der Waals surface area contributed by atoms with Crippen LogP contribution in [0.2, 0.25) is 0 Å². The number of benzene rings is 1. The molecule has 0 heterocycles. The Kier molecular flexibility index (Phi) is 6.07. The first-order valence-corrected chi connectivity index (χ1v) is 12.5. The first-order valence-electron chi connectivity index (χ1n) is 12.5. The van der Waals surface area contributed by atoms with Crippen LogP contribution < -0.4 is 0 Å². The molecule has 0 aliphatic heterocycles. The van der Waals surface area contributed by atoms with Crippen LogP contribution in [0.1, 0.15) is 90.2 Å². The van der Waals surface area contributed by atoms with E-state index in [1.165, 1.54) is 16.7 Å². The molecule has 1 aromatic carbocycles. The lowest BCUT2D eigenvalue weighted by atomic mass is 9.52. The molecule has 0 radical (unpaired) electrons. The lowest BCUT2D eigenvalue weighted by molar-refractivity contribution is -0.110. The zero-order valence-electron chi connectivity index (χ0n) is 20.1. The summed E-state index contributed by atoms with van der Waals surface area (Å²) in [6, 6.07) is 5.91. The van der Waals surface area contributed by atoms with E-state index in [-0.39, 0.29) is 11.3 Å². The molecule has 31 heavy (non-hydrogen) atoms. The van der Waals surface area contributed by atoms with Gasteiger partial charge in [-0.3, -0.25) is 0 Å². The summed E-state index contributed by atoms with van der Waals surface area (Å²) in [5, 5.41) is 32.9. The molecular weight excluding hydrogens is 384 g/mol. The third-order valence-corrected chi connectivity index (χ3v) is 9.44. The van der Waals surface area contributed by atoms with Crippen molar-refractivity contribution in [3.8, 4) is 5.75 Å². The van der Waals surface area contributed by atoms with Gasteiger partial charge in [-0.25, -0.2) is 0 Å². The van der Waals surface area contributed by atoms with Crippen LogP contribution >= 0.6 is 0 Å². The van der Waals surface area contributed by atoms with Crippen molar-refractivity contribution in [3.63, 3.8) is 0 Å². The van der Waals surface area contributed by atoms with Crippen LogP contribution in [0.4, 0.5) is 0 Å². The molecular formula is C28H42O3. The van der Waals surface area contributed by atoms with Gasteiger partial charge in [0.15, 0.2) is 0 Å². The molecule has 2 fully saturated rings. The highest BCUT2D eigenvalue weighted by Crippen LogP contribution is 2.65. The summed E-state index contributed by atoms with van der Waals surface area (Å²) < 4.78 is 0. The Morgan fingerprint density at radius 3 is 2.71 bits per heavy atom. The zero-order valence-corrected chi connectivity index (χ0v) is 20.1. The molecule has 3 heteroatoms. The van der Waals surface area contributed by atoms with E-state index in [1.807, 2.05) is 19.1 Å². The van der Waals surface area contributed by atoms with Crippen LogP contribution in [-0.4, -0.2) is 27.0 Å². The van der Waals surface area contributed by atoms with E-state index in [2.05, 4.69) is 39.8 Å². The molecule has 3 nitrogen and oxygen atoms in total. The standard InChI is InChI=1S/C28H42O3/c1-6-18(17(2)3)11-14-28(5,31)26-25(30)16-24-23-9-7-19-15-20(29)8-10-21(19)22(23)12-13-27(24,26)4/h6,8,10,15,17,22-26,29-31H,7,9,11-14,16H2,1-5H3/b18-6+/t22?,23-,24?,25+,26?,27+,28+/m1/s1. The molecule has 3 unspecified atom stereocenters. The van der Waals surface area contributed by atoms with Crippen molar-refractivity contribution in [3.05, 3.63) is 41.0 Å². The predicted molar refractivity (Wildman–Crippen MR) is 126 cm³/mol. The van der Waals surface area contributed by atoms with Crippen molar-refractivity contribution in [2.45, 2.75) is 97.2 Å². The van der Waals surface area contributed by atoms with E-state index in [0.717, 1.165) is 38.5 Å². The second-order valence-electron chi connectivity index (χ2n) is 11.5. The van der Waals surface area contributed by atoms with Gasteiger partial charge in [0.1, 0.15) is 5.75 Å². The Bertz CT molecular complexity index is 839. The van der Waals surface area contributed by atoms with E-state index in [0.29, 0.717) is 35.8 Å². The second kappa shape index (κ2) is 8.23. The number of aryl methyl sites for hydroxylation is 1. The number of aromatic hydroxyl groups is 1. The summed E-state index contributed by atoms with van der Waals surface area (Å²) >= 11 is 0. The first-order chi connectivity index (χ1) is 14.6. The van der Waals surface area contributed by atoms with Gasteiger partial charge >= 0.3 is 0 Å². The molecule has 7 atom stereocenters. The second-order valence-corrected chi connectivity index (χ2v) is 11.5. The van der Waals surface area contributed by atoms with Gasteiger partial charge in [0.05, 0.1) is 11.7 Å². The van der Waals surface area contributed by atoms with E-state index in [4.69, 9.17) is 0 Å². The van der Waals surface area contributed by atoms with Crippen molar-refractivity contribution < 1.29 is 15.3 Å². The summed E-state index contributed by atoms with van der Waals surface area (Å²) in [4.78, 5) is 0. The quantitative estimate of drug-likeness (QED) is 0.508.